The van der Waals surface area contributed by atoms with Crippen LogP contribution >= 0.6 is 15.9 Å². The van der Waals surface area contributed by atoms with Crippen LogP contribution in [0.2, 0.25) is 0 Å². The van der Waals surface area contributed by atoms with Crippen molar-refractivity contribution in [3.63, 3.8) is 0 Å². The molecule has 0 saturated heterocycles. The summed E-state index contributed by atoms with van der Waals surface area (Å²) in [6.45, 7) is 2.87. The van der Waals surface area contributed by atoms with Gasteiger partial charge in [0.15, 0.2) is 0 Å². The molecule has 2 rings (SSSR count). The standard InChI is InChI=1S/C16H23BrFNO/c1-3-20-14-8-12(9-14)7-13(19-2)6-11-4-5-16(18)15(17)10-11/h4-5,10,12-14,19H,3,6-9H2,1-2H3. The molecule has 0 radical (unpaired) electrons. The lowest BCUT2D eigenvalue weighted by Gasteiger charge is -2.37. The van der Waals surface area contributed by atoms with E-state index in [2.05, 4.69) is 28.2 Å². The van der Waals surface area contributed by atoms with Gasteiger partial charge in [-0.3, -0.25) is 0 Å². The van der Waals surface area contributed by atoms with Gasteiger partial charge >= 0.3 is 0 Å². The van der Waals surface area contributed by atoms with E-state index < -0.39 is 0 Å². The van der Waals surface area contributed by atoms with Gasteiger partial charge in [-0.05, 0) is 79.2 Å². The Kier molecular flexibility index (Phi) is 6.00. The summed E-state index contributed by atoms with van der Waals surface area (Å²) in [5.41, 5.74) is 1.17. The highest BCUT2D eigenvalue weighted by molar-refractivity contribution is 9.10. The summed E-state index contributed by atoms with van der Waals surface area (Å²) in [7, 11) is 2.00. The van der Waals surface area contributed by atoms with Crippen LogP contribution in [0.1, 0.15) is 31.7 Å². The van der Waals surface area contributed by atoms with Crippen molar-refractivity contribution < 1.29 is 9.13 Å². The van der Waals surface area contributed by atoms with Crippen LogP contribution in [0.4, 0.5) is 4.39 Å². The van der Waals surface area contributed by atoms with Crippen LogP contribution in [0.3, 0.4) is 0 Å². The lowest BCUT2D eigenvalue weighted by Crippen LogP contribution is -2.38. The molecule has 4 heteroatoms. The van der Waals surface area contributed by atoms with E-state index in [0.29, 0.717) is 16.6 Å². The van der Waals surface area contributed by atoms with Crippen LogP contribution in [0, 0.1) is 11.7 Å². The molecule has 0 amide bonds. The third-order valence-electron chi connectivity index (χ3n) is 4.09. The van der Waals surface area contributed by atoms with E-state index in [9.17, 15) is 4.39 Å². The normalized spacial score (nSPS) is 23.4. The van der Waals surface area contributed by atoms with Crippen molar-refractivity contribution >= 4 is 15.9 Å². The highest BCUT2D eigenvalue weighted by Crippen LogP contribution is 2.34. The molecule has 0 aliphatic heterocycles. The van der Waals surface area contributed by atoms with Crippen molar-refractivity contribution in [2.24, 2.45) is 5.92 Å². The van der Waals surface area contributed by atoms with Crippen LogP contribution in [0.25, 0.3) is 0 Å². The summed E-state index contributed by atoms with van der Waals surface area (Å²) in [5.74, 6) is 0.557. The van der Waals surface area contributed by atoms with Gasteiger partial charge < -0.3 is 10.1 Å². The van der Waals surface area contributed by atoms with E-state index >= 15 is 0 Å². The molecule has 0 aromatic heterocycles. The lowest BCUT2D eigenvalue weighted by atomic mass is 9.77. The van der Waals surface area contributed by atoms with Crippen LogP contribution in [-0.4, -0.2) is 25.8 Å². The Morgan fingerprint density at radius 1 is 1.45 bits per heavy atom. The Hall–Kier alpha value is -0.450. The Morgan fingerprint density at radius 2 is 2.20 bits per heavy atom. The maximum Gasteiger partial charge on any atom is 0.137 e. The van der Waals surface area contributed by atoms with Crippen molar-refractivity contribution in [3.8, 4) is 0 Å². The van der Waals surface area contributed by atoms with Crippen molar-refractivity contribution in [1.29, 1.82) is 0 Å². The Morgan fingerprint density at radius 3 is 2.80 bits per heavy atom. The molecule has 1 saturated carbocycles. The SMILES string of the molecule is CCOC1CC(CC(Cc2ccc(F)c(Br)c2)NC)C1. The average Bonchev–Trinajstić information content (AvgIpc) is 2.39. The number of rotatable bonds is 7. The molecule has 112 valence electrons. The molecular weight excluding hydrogens is 321 g/mol. The predicted octanol–water partition coefficient (Wildman–Crippen LogP) is 3.92. The summed E-state index contributed by atoms with van der Waals surface area (Å²) in [6, 6.07) is 5.72. The molecule has 1 N–H and O–H groups in total. The van der Waals surface area contributed by atoms with Gasteiger partial charge in [-0.1, -0.05) is 6.07 Å². The predicted molar refractivity (Wildman–Crippen MR) is 83.4 cm³/mol. The maximum atomic E-state index is 13.2. The molecule has 0 heterocycles. The topological polar surface area (TPSA) is 21.3 Å². The third-order valence-corrected chi connectivity index (χ3v) is 4.69. The number of nitrogens with one attached hydrogen (secondary N) is 1. The van der Waals surface area contributed by atoms with Gasteiger partial charge in [0.05, 0.1) is 10.6 Å². The molecule has 1 atom stereocenters. The summed E-state index contributed by atoms with van der Waals surface area (Å²) in [6.07, 6.45) is 4.93. The highest BCUT2D eigenvalue weighted by atomic mass is 79.9. The molecule has 2 nitrogen and oxygen atoms in total. The fourth-order valence-corrected chi connectivity index (χ4v) is 3.32. The number of likely N-dealkylation sites (N-methyl/N-ethyl adjacent to an activating group) is 1. The van der Waals surface area contributed by atoms with Gasteiger partial charge in [-0.15, -0.1) is 0 Å². The third kappa shape index (κ3) is 4.27. The van der Waals surface area contributed by atoms with Crippen LogP contribution in [-0.2, 0) is 11.2 Å². The molecule has 0 bridgehead atoms. The molecule has 1 aliphatic carbocycles. The summed E-state index contributed by atoms with van der Waals surface area (Å²) >= 11 is 3.25. The van der Waals surface area contributed by atoms with Crippen LogP contribution < -0.4 is 5.32 Å². The number of benzene rings is 1. The van der Waals surface area contributed by atoms with Crippen molar-refractivity contribution in [1.82, 2.24) is 5.32 Å². The van der Waals surface area contributed by atoms with E-state index in [1.807, 2.05) is 19.2 Å². The summed E-state index contributed by atoms with van der Waals surface area (Å²) in [4.78, 5) is 0. The van der Waals surface area contributed by atoms with E-state index in [0.717, 1.165) is 25.4 Å². The first-order valence-electron chi connectivity index (χ1n) is 7.35. The number of halogens is 2. The lowest BCUT2D eigenvalue weighted by molar-refractivity contribution is -0.0288. The molecule has 1 fully saturated rings. The van der Waals surface area contributed by atoms with Gasteiger partial charge in [-0.25, -0.2) is 4.39 Å². The second-order valence-corrected chi connectivity index (χ2v) is 6.44. The quantitative estimate of drug-likeness (QED) is 0.809. The van der Waals surface area contributed by atoms with Crippen LogP contribution in [0.5, 0.6) is 0 Å². The van der Waals surface area contributed by atoms with E-state index in [-0.39, 0.29) is 5.82 Å². The van der Waals surface area contributed by atoms with Gasteiger partial charge in [0, 0.05) is 12.6 Å². The molecular formula is C16H23BrFNO. The van der Waals surface area contributed by atoms with Crippen molar-refractivity contribution in [2.45, 2.75) is 44.8 Å². The van der Waals surface area contributed by atoms with Gasteiger partial charge in [-0.2, -0.15) is 0 Å². The van der Waals surface area contributed by atoms with E-state index in [1.54, 1.807) is 0 Å². The zero-order valence-corrected chi connectivity index (χ0v) is 13.7. The molecule has 0 spiro atoms. The van der Waals surface area contributed by atoms with Crippen molar-refractivity contribution in [3.05, 3.63) is 34.1 Å². The van der Waals surface area contributed by atoms with Crippen LogP contribution in [0.15, 0.2) is 22.7 Å². The zero-order valence-electron chi connectivity index (χ0n) is 12.2. The average molecular weight is 344 g/mol. The largest absolute Gasteiger partial charge is 0.378 e. The van der Waals surface area contributed by atoms with E-state index in [1.165, 1.54) is 24.5 Å². The summed E-state index contributed by atoms with van der Waals surface area (Å²) < 4.78 is 19.4. The van der Waals surface area contributed by atoms with Gasteiger partial charge in [0.2, 0.25) is 0 Å². The number of hydrogen-bond acceptors (Lipinski definition) is 2. The fraction of sp³-hybridized carbons (Fsp3) is 0.625. The first kappa shape index (κ1) is 15.9. The Balaban J connectivity index is 1.82. The van der Waals surface area contributed by atoms with E-state index in [4.69, 9.17) is 4.74 Å². The Labute approximate surface area is 129 Å². The van der Waals surface area contributed by atoms with Crippen molar-refractivity contribution in [2.75, 3.05) is 13.7 Å². The number of ether oxygens (including phenoxy) is 1. The maximum absolute atomic E-state index is 13.2. The minimum absolute atomic E-state index is 0.201. The van der Waals surface area contributed by atoms with Gasteiger partial charge in [0.25, 0.3) is 0 Å². The molecule has 20 heavy (non-hydrogen) atoms. The minimum atomic E-state index is -0.201. The molecule has 1 aromatic carbocycles. The van der Waals surface area contributed by atoms with Gasteiger partial charge in [0.1, 0.15) is 5.82 Å². The first-order chi connectivity index (χ1) is 9.62. The molecule has 1 unspecified atom stereocenters. The second-order valence-electron chi connectivity index (χ2n) is 5.59. The molecule has 1 aromatic rings. The Bertz CT molecular complexity index is 434. The second kappa shape index (κ2) is 7.53. The summed E-state index contributed by atoms with van der Waals surface area (Å²) in [5, 5.41) is 3.38. The zero-order chi connectivity index (χ0) is 14.5. The fourth-order valence-electron chi connectivity index (χ4n) is 2.90. The highest BCUT2D eigenvalue weighted by Gasteiger charge is 2.31. The first-order valence-corrected chi connectivity index (χ1v) is 8.14. The number of hydrogen-bond donors (Lipinski definition) is 1. The minimum Gasteiger partial charge on any atom is -0.378 e. The molecule has 1 aliphatic rings. The monoisotopic (exact) mass is 343 g/mol. The smallest absolute Gasteiger partial charge is 0.137 e.